The number of aliphatic carboxylic acids is 1. The van der Waals surface area contributed by atoms with E-state index >= 15 is 0 Å². The number of aromatic nitrogens is 2. The average Bonchev–Trinajstić information content (AvgIpc) is 3.32. The summed E-state index contributed by atoms with van der Waals surface area (Å²) in [6.07, 6.45) is 3.22. The first kappa shape index (κ1) is 30.8. The Morgan fingerprint density at radius 3 is 2.00 bits per heavy atom. The van der Waals surface area contributed by atoms with Gasteiger partial charge in [0, 0.05) is 24.9 Å². The van der Waals surface area contributed by atoms with E-state index in [1.165, 1.54) is 33.3 Å². The molecule has 12 N–H and O–H groups in total. The summed E-state index contributed by atoms with van der Waals surface area (Å²) < 4.78 is 0. The maximum atomic E-state index is 13.0. The van der Waals surface area contributed by atoms with Crippen LogP contribution in [-0.2, 0) is 30.4 Å². The molecule has 0 aliphatic heterocycles. The molecule has 16 nitrogen and oxygen atoms in total. The van der Waals surface area contributed by atoms with Crippen LogP contribution in [0.5, 0.6) is 0 Å². The number of H-pyrrole nitrogens is 1. The summed E-state index contributed by atoms with van der Waals surface area (Å²) >= 11 is 0. The van der Waals surface area contributed by atoms with Gasteiger partial charge in [-0.05, 0) is 33.6 Å². The molecular weight excluding hydrogens is 488 g/mol. The fraction of sp³-hybridized carbons (Fsp3) is 0.571. The number of hydrogen-bond donors (Lipinski definition) is 9. The van der Waals surface area contributed by atoms with Crippen LogP contribution >= 0.6 is 0 Å². The summed E-state index contributed by atoms with van der Waals surface area (Å²) in [6, 6.07) is -5.33. The molecule has 0 unspecified atom stereocenters. The normalized spacial score (nSPS) is 14.7. The van der Waals surface area contributed by atoms with E-state index in [0.717, 1.165) is 0 Å². The van der Waals surface area contributed by atoms with Crippen LogP contribution in [0, 0.1) is 0 Å². The molecule has 0 fully saturated rings. The smallest absolute Gasteiger partial charge is 0.326 e. The minimum absolute atomic E-state index is 0.00239. The number of imidazole rings is 1. The number of carbonyl (C=O) groups excluding carboxylic acids is 4. The number of aromatic amines is 1. The maximum absolute atomic E-state index is 13.0. The van der Waals surface area contributed by atoms with E-state index in [0.29, 0.717) is 12.1 Å². The first-order valence-corrected chi connectivity index (χ1v) is 11.5. The summed E-state index contributed by atoms with van der Waals surface area (Å²) in [7, 11) is 0. The molecule has 0 aliphatic rings. The number of nitrogens with one attached hydrogen (secondary N) is 5. The largest absolute Gasteiger partial charge is 0.480 e. The van der Waals surface area contributed by atoms with Crippen LogP contribution in [0.2, 0.25) is 0 Å². The summed E-state index contributed by atoms with van der Waals surface area (Å²) in [5, 5.41) is 19.2. The second-order valence-electron chi connectivity index (χ2n) is 8.44. The molecule has 5 atom stereocenters. The zero-order chi connectivity index (χ0) is 28.1. The van der Waals surface area contributed by atoms with E-state index in [4.69, 9.17) is 17.2 Å². The first-order valence-electron chi connectivity index (χ1n) is 11.5. The molecular formula is C21H36N10O6. The SMILES string of the molecule is C[C@H](N)C(=O)N[C@@H](C)C(=O)N[C@@H](Cc1cnc[nH]1)C(=O)N[C@@H](C)C(=O)N[C@@H](CCCN=C(N)N)C(=O)O. The van der Waals surface area contributed by atoms with E-state index in [2.05, 4.69) is 36.2 Å². The third kappa shape index (κ3) is 11.4. The number of carboxylic acid groups (broad SMARTS) is 1. The number of aliphatic imine (C=N–C) groups is 1. The highest BCUT2D eigenvalue weighted by molar-refractivity contribution is 5.95. The minimum atomic E-state index is -1.26. The maximum Gasteiger partial charge on any atom is 0.326 e. The highest BCUT2D eigenvalue weighted by Crippen LogP contribution is 2.03. The van der Waals surface area contributed by atoms with Gasteiger partial charge in [0.05, 0.1) is 12.4 Å². The van der Waals surface area contributed by atoms with Gasteiger partial charge in [-0.1, -0.05) is 0 Å². The molecule has 4 amide bonds. The van der Waals surface area contributed by atoms with Gasteiger partial charge < -0.3 is 48.6 Å². The van der Waals surface area contributed by atoms with Crippen molar-refractivity contribution in [3.8, 4) is 0 Å². The topological polar surface area (TPSA) is 273 Å². The van der Waals surface area contributed by atoms with Crippen molar-refractivity contribution < 1.29 is 29.1 Å². The minimum Gasteiger partial charge on any atom is -0.480 e. The van der Waals surface area contributed by atoms with E-state index in [9.17, 15) is 29.1 Å². The standard InChI is InChI=1S/C21H36N10O6/c1-10(22)16(32)28-11(2)18(34)31-15(7-13-8-25-9-27-13)19(35)29-12(3)17(33)30-14(20(36)37)5-4-6-26-21(23)24/h8-12,14-15H,4-7,22H2,1-3H3,(H,25,27)(H,28,32)(H,29,35)(H,30,33)(H,31,34)(H,36,37)(H4,23,24,26)/t10-,11-,12-,14-,15-/m0/s1. The van der Waals surface area contributed by atoms with E-state index in [1.807, 2.05) is 0 Å². The van der Waals surface area contributed by atoms with Gasteiger partial charge in [0.15, 0.2) is 5.96 Å². The molecule has 0 saturated heterocycles. The quantitative estimate of drug-likeness (QED) is 0.0618. The van der Waals surface area contributed by atoms with Crippen molar-refractivity contribution in [1.29, 1.82) is 0 Å². The number of guanidine groups is 1. The highest BCUT2D eigenvalue weighted by atomic mass is 16.4. The number of hydrogen-bond acceptors (Lipinski definition) is 8. The highest BCUT2D eigenvalue weighted by Gasteiger charge is 2.29. The Morgan fingerprint density at radius 2 is 1.51 bits per heavy atom. The number of carboxylic acids is 1. The molecule has 16 heteroatoms. The number of carbonyl (C=O) groups is 5. The lowest BCUT2D eigenvalue weighted by molar-refractivity contribution is -0.142. The molecule has 0 spiro atoms. The molecule has 1 aromatic heterocycles. The van der Waals surface area contributed by atoms with Crippen molar-refractivity contribution in [2.24, 2.45) is 22.2 Å². The van der Waals surface area contributed by atoms with Crippen molar-refractivity contribution >= 4 is 35.6 Å². The lowest BCUT2D eigenvalue weighted by atomic mass is 10.1. The third-order valence-electron chi connectivity index (χ3n) is 5.09. The second-order valence-corrected chi connectivity index (χ2v) is 8.44. The number of nitrogens with two attached hydrogens (primary N) is 3. The Hall–Kier alpha value is -4.21. The monoisotopic (exact) mass is 524 g/mol. The van der Waals surface area contributed by atoms with Crippen LogP contribution in [0.15, 0.2) is 17.5 Å². The molecule has 0 radical (unpaired) electrons. The molecule has 1 aromatic rings. The van der Waals surface area contributed by atoms with Crippen LogP contribution in [0.25, 0.3) is 0 Å². The van der Waals surface area contributed by atoms with Gasteiger partial charge in [-0.2, -0.15) is 0 Å². The Labute approximate surface area is 213 Å². The van der Waals surface area contributed by atoms with E-state index in [-0.39, 0.29) is 25.3 Å². The molecule has 1 heterocycles. The van der Waals surface area contributed by atoms with Crippen molar-refractivity contribution in [3.63, 3.8) is 0 Å². The van der Waals surface area contributed by atoms with Crippen LogP contribution in [0.3, 0.4) is 0 Å². The Kier molecular flexibility index (Phi) is 12.5. The lowest BCUT2D eigenvalue weighted by Crippen LogP contribution is -2.57. The van der Waals surface area contributed by atoms with Crippen molar-refractivity contribution in [3.05, 3.63) is 18.2 Å². The number of amides is 4. The molecule has 0 aromatic carbocycles. The second kappa shape index (κ2) is 15.0. The van der Waals surface area contributed by atoms with Gasteiger partial charge >= 0.3 is 5.97 Å². The zero-order valence-corrected chi connectivity index (χ0v) is 21.0. The van der Waals surface area contributed by atoms with Gasteiger partial charge in [0.25, 0.3) is 0 Å². The van der Waals surface area contributed by atoms with Gasteiger partial charge in [-0.3, -0.25) is 24.2 Å². The number of nitrogens with zero attached hydrogens (tertiary/aromatic N) is 2. The predicted molar refractivity (Wildman–Crippen MR) is 133 cm³/mol. The van der Waals surface area contributed by atoms with Gasteiger partial charge in [-0.15, -0.1) is 0 Å². The van der Waals surface area contributed by atoms with Crippen LogP contribution < -0.4 is 38.5 Å². The molecule has 0 bridgehead atoms. The predicted octanol–water partition coefficient (Wildman–Crippen LogP) is -3.58. The van der Waals surface area contributed by atoms with Crippen molar-refractivity contribution in [1.82, 2.24) is 31.2 Å². The fourth-order valence-electron chi connectivity index (χ4n) is 2.97. The van der Waals surface area contributed by atoms with Crippen molar-refractivity contribution in [2.75, 3.05) is 6.54 Å². The Balaban J connectivity index is 2.82. The van der Waals surface area contributed by atoms with Crippen molar-refractivity contribution in [2.45, 2.75) is 70.2 Å². The third-order valence-corrected chi connectivity index (χ3v) is 5.09. The zero-order valence-electron chi connectivity index (χ0n) is 21.0. The summed E-state index contributed by atoms with van der Waals surface area (Å²) in [5.41, 5.74) is 16.5. The van der Waals surface area contributed by atoms with E-state index in [1.54, 1.807) is 0 Å². The average molecular weight is 525 g/mol. The molecule has 0 saturated carbocycles. The van der Waals surface area contributed by atoms with Crippen LogP contribution in [0.1, 0.15) is 39.3 Å². The summed E-state index contributed by atoms with van der Waals surface area (Å²) in [4.78, 5) is 71.9. The fourth-order valence-corrected chi connectivity index (χ4v) is 2.97. The summed E-state index contributed by atoms with van der Waals surface area (Å²) in [5.74, 6) is -4.05. The lowest BCUT2D eigenvalue weighted by Gasteiger charge is -2.24. The van der Waals surface area contributed by atoms with Crippen LogP contribution in [0.4, 0.5) is 0 Å². The molecule has 0 aliphatic carbocycles. The first-order chi connectivity index (χ1) is 17.3. The number of rotatable bonds is 15. The van der Waals surface area contributed by atoms with Gasteiger partial charge in [-0.25, -0.2) is 9.78 Å². The molecule has 206 valence electrons. The Morgan fingerprint density at radius 1 is 0.946 bits per heavy atom. The van der Waals surface area contributed by atoms with Crippen LogP contribution in [-0.4, -0.2) is 87.4 Å². The van der Waals surface area contributed by atoms with E-state index < -0.39 is 59.8 Å². The van der Waals surface area contributed by atoms with Gasteiger partial charge in [0.1, 0.15) is 24.2 Å². The van der Waals surface area contributed by atoms with Gasteiger partial charge in [0.2, 0.25) is 23.6 Å². The molecule has 1 rings (SSSR count). The molecule has 37 heavy (non-hydrogen) atoms. The summed E-state index contributed by atoms with van der Waals surface area (Å²) in [6.45, 7) is 4.44. The Bertz CT molecular complexity index is 961.